The molecule has 0 aliphatic heterocycles. The van der Waals surface area contributed by atoms with Gasteiger partial charge in [0.1, 0.15) is 0 Å². The van der Waals surface area contributed by atoms with Gasteiger partial charge in [0.25, 0.3) is 0 Å². The zero-order valence-corrected chi connectivity index (χ0v) is 9.11. The van der Waals surface area contributed by atoms with Gasteiger partial charge in [0.2, 0.25) is 0 Å². The summed E-state index contributed by atoms with van der Waals surface area (Å²) in [5, 5.41) is 11.5. The van der Waals surface area contributed by atoms with Crippen LogP contribution in [-0.2, 0) is 0 Å². The van der Waals surface area contributed by atoms with E-state index in [0.29, 0.717) is 11.7 Å². The molecule has 0 spiro atoms. The fourth-order valence-corrected chi connectivity index (χ4v) is 1.43. The first-order valence-corrected chi connectivity index (χ1v) is 5.61. The number of nitrogens with zero attached hydrogens (tertiary/aromatic N) is 2. The summed E-state index contributed by atoms with van der Waals surface area (Å²) in [6, 6.07) is 0. The minimum absolute atomic E-state index is 0.360. The van der Waals surface area contributed by atoms with E-state index in [2.05, 4.69) is 12.2 Å². The fraction of sp³-hybridized carbons (Fsp3) is 1.00. The summed E-state index contributed by atoms with van der Waals surface area (Å²) in [7, 11) is 0. The smallest absolute Gasteiger partial charge is 0.0787 e. The Morgan fingerprint density at radius 1 is 1.00 bits per heavy atom. The molecule has 0 rings (SSSR count). The Bertz CT molecular complexity index is 131. The van der Waals surface area contributed by atoms with Crippen LogP contribution in [0, 0.1) is 4.91 Å². The average Bonchev–Trinajstić information content (AvgIpc) is 2.21. The Hall–Kier alpha value is -0.640. The summed E-state index contributed by atoms with van der Waals surface area (Å²) in [5.74, 6) is 0. The van der Waals surface area contributed by atoms with Gasteiger partial charge in [-0.1, -0.05) is 51.9 Å². The van der Waals surface area contributed by atoms with Crippen LogP contribution >= 0.6 is 0 Å². The molecule has 0 aliphatic rings. The predicted octanol–water partition coefficient (Wildman–Crippen LogP) is 3.50. The van der Waals surface area contributed by atoms with Gasteiger partial charge in [0.15, 0.2) is 0 Å². The molecule has 0 aromatic heterocycles. The van der Waals surface area contributed by atoms with Crippen LogP contribution in [0.4, 0.5) is 0 Å². The maximum absolute atomic E-state index is 9.77. The summed E-state index contributed by atoms with van der Waals surface area (Å²) in [4.78, 5) is 9.77. The zero-order chi connectivity index (χ0) is 10.6. The van der Waals surface area contributed by atoms with Gasteiger partial charge in [0, 0.05) is 0 Å². The molecular formula is C10H22N2O2. The van der Waals surface area contributed by atoms with E-state index in [1.165, 1.54) is 38.5 Å². The molecule has 0 aliphatic carbocycles. The molecule has 0 atom stereocenters. The summed E-state index contributed by atoms with van der Waals surface area (Å²) < 4.78 is 0. The largest absolute Gasteiger partial charge is 0.269 e. The lowest BCUT2D eigenvalue weighted by Crippen LogP contribution is -2.11. The highest BCUT2D eigenvalue weighted by Gasteiger charge is 1.96. The lowest BCUT2D eigenvalue weighted by Gasteiger charge is -2.05. The number of hydrogen-bond donors (Lipinski definition) is 1. The van der Waals surface area contributed by atoms with Crippen molar-refractivity contribution < 1.29 is 5.21 Å². The van der Waals surface area contributed by atoms with Gasteiger partial charge in [0.05, 0.1) is 11.8 Å². The van der Waals surface area contributed by atoms with Gasteiger partial charge in [-0.2, -0.15) is 0 Å². The second-order valence-corrected chi connectivity index (χ2v) is 3.65. The maximum Gasteiger partial charge on any atom is 0.0787 e. The Balaban J connectivity index is 2.95. The first-order chi connectivity index (χ1) is 6.81. The van der Waals surface area contributed by atoms with Crippen LogP contribution in [0.25, 0.3) is 0 Å². The van der Waals surface area contributed by atoms with E-state index in [1.807, 2.05) is 0 Å². The van der Waals surface area contributed by atoms with Crippen molar-refractivity contribution in [3.8, 4) is 0 Å². The van der Waals surface area contributed by atoms with Crippen molar-refractivity contribution in [3.63, 3.8) is 0 Å². The second-order valence-electron chi connectivity index (χ2n) is 3.65. The molecule has 84 valence electrons. The van der Waals surface area contributed by atoms with Crippen LogP contribution in [0.2, 0.25) is 0 Å². The number of rotatable bonds is 10. The zero-order valence-electron chi connectivity index (χ0n) is 9.11. The predicted molar refractivity (Wildman–Crippen MR) is 56.9 cm³/mol. The molecular weight excluding hydrogens is 180 g/mol. The normalized spacial score (nSPS) is 10.1. The minimum atomic E-state index is 0.360. The van der Waals surface area contributed by atoms with Crippen LogP contribution in [0.5, 0.6) is 0 Å². The molecule has 0 radical (unpaired) electrons. The van der Waals surface area contributed by atoms with E-state index < -0.39 is 0 Å². The molecule has 0 unspecified atom stereocenters. The van der Waals surface area contributed by atoms with E-state index in [0.717, 1.165) is 12.8 Å². The van der Waals surface area contributed by atoms with E-state index in [4.69, 9.17) is 5.21 Å². The molecule has 0 bridgehead atoms. The Labute approximate surface area is 86.2 Å². The highest BCUT2D eigenvalue weighted by Crippen LogP contribution is 2.08. The summed E-state index contributed by atoms with van der Waals surface area (Å²) in [5.41, 5.74) is 0. The van der Waals surface area contributed by atoms with Crippen molar-refractivity contribution in [2.75, 3.05) is 6.54 Å². The first kappa shape index (κ1) is 13.4. The molecule has 0 heterocycles. The van der Waals surface area contributed by atoms with Crippen molar-refractivity contribution >= 4 is 0 Å². The second kappa shape index (κ2) is 10.4. The Kier molecular flexibility index (Phi) is 9.96. The van der Waals surface area contributed by atoms with Crippen molar-refractivity contribution in [1.82, 2.24) is 5.17 Å². The molecule has 14 heavy (non-hydrogen) atoms. The van der Waals surface area contributed by atoms with Crippen LogP contribution < -0.4 is 0 Å². The number of unbranched alkanes of at least 4 members (excludes halogenated alkanes) is 7. The van der Waals surface area contributed by atoms with Crippen molar-refractivity contribution in [3.05, 3.63) is 4.91 Å². The molecule has 0 saturated carbocycles. The Morgan fingerprint density at radius 3 is 2.00 bits per heavy atom. The van der Waals surface area contributed by atoms with Crippen LogP contribution in [0.1, 0.15) is 58.3 Å². The van der Waals surface area contributed by atoms with Gasteiger partial charge < -0.3 is 0 Å². The SMILES string of the molecule is CCCCCCCCCCN(O)N=O. The van der Waals surface area contributed by atoms with Crippen molar-refractivity contribution in [2.24, 2.45) is 5.29 Å². The Morgan fingerprint density at radius 2 is 1.50 bits per heavy atom. The van der Waals surface area contributed by atoms with Crippen LogP contribution in [0.3, 0.4) is 0 Å². The monoisotopic (exact) mass is 202 g/mol. The van der Waals surface area contributed by atoms with Gasteiger partial charge in [-0.15, -0.1) is 10.1 Å². The van der Waals surface area contributed by atoms with Crippen LogP contribution in [0.15, 0.2) is 5.29 Å². The molecule has 0 fully saturated rings. The van der Waals surface area contributed by atoms with E-state index in [9.17, 15) is 4.91 Å². The molecule has 4 nitrogen and oxygen atoms in total. The highest BCUT2D eigenvalue weighted by atomic mass is 16.6. The van der Waals surface area contributed by atoms with Crippen molar-refractivity contribution in [2.45, 2.75) is 58.3 Å². The van der Waals surface area contributed by atoms with Gasteiger partial charge in [-0.05, 0) is 6.42 Å². The highest BCUT2D eigenvalue weighted by molar-refractivity contribution is 4.47. The number of nitroso groups, excluding NO2 is 1. The van der Waals surface area contributed by atoms with E-state index in [1.54, 1.807) is 0 Å². The number of hydroxylamine groups is 1. The van der Waals surface area contributed by atoms with Gasteiger partial charge in [-0.25, -0.2) is 0 Å². The average molecular weight is 202 g/mol. The summed E-state index contributed by atoms with van der Waals surface area (Å²) in [6.07, 6.45) is 9.62. The molecule has 0 aromatic rings. The van der Waals surface area contributed by atoms with Gasteiger partial charge in [-0.3, -0.25) is 5.21 Å². The quantitative estimate of drug-likeness (QED) is 0.335. The molecule has 0 aromatic carbocycles. The first-order valence-electron chi connectivity index (χ1n) is 5.61. The topological polar surface area (TPSA) is 52.9 Å². The molecule has 0 saturated heterocycles. The fourth-order valence-electron chi connectivity index (χ4n) is 1.43. The maximum atomic E-state index is 9.77. The third kappa shape index (κ3) is 9.45. The molecule has 4 heteroatoms. The summed E-state index contributed by atoms with van der Waals surface area (Å²) >= 11 is 0. The van der Waals surface area contributed by atoms with E-state index >= 15 is 0 Å². The lowest BCUT2D eigenvalue weighted by atomic mass is 10.1. The van der Waals surface area contributed by atoms with E-state index in [-0.39, 0.29) is 0 Å². The lowest BCUT2D eigenvalue weighted by molar-refractivity contribution is -0.0924. The third-order valence-electron chi connectivity index (χ3n) is 2.31. The summed E-state index contributed by atoms with van der Waals surface area (Å²) in [6.45, 7) is 2.57. The van der Waals surface area contributed by atoms with Crippen molar-refractivity contribution in [1.29, 1.82) is 0 Å². The molecule has 0 amide bonds. The van der Waals surface area contributed by atoms with Gasteiger partial charge >= 0.3 is 0 Å². The third-order valence-corrected chi connectivity index (χ3v) is 2.31. The molecule has 1 N–H and O–H groups in total. The minimum Gasteiger partial charge on any atom is -0.269 e. The van der Waals surface area contributed by atoms with Crippen LogP contribution in [-0.4, -0.2) is 16.9 Å². The standard InChI is InChI=1S/C10H22N2O2/c1-2-3-4-5-6-7-8-9-10-12(14)11-13/h14H,2-10H2,1H3. The number of hydrogen-bond acceptors (Lipinski definition) is 3.